The second kappa shape index (κ2) is 4.07. The van der Waals surface area contributed by atoms with Gasteiger partial charge in [0.05, 0.1) is 4.88 Å². The first kappa shape index (κ1) is 11.2. The van der Waals surface area contributed by atoms with E-state index in [9.17, 15) is 9.59 Å². The molecule has 1 aromatic carbocycles. The van der Waals surface area contributed by atoms with Crippen molar-refractivity contribution in [2.75, 3.05) is 7.05 Å². The summed E-state index contributed by atoms with van der Waals surface area (Å²) in [5.41, 5.74) is 2.84. The minimum atomic E-state index is 0.0685. The highest BCUT2D eigenvalue weighted by Gasteiger charge is 2.24. The van der Waals surface area contributed by atoms with Crippen LogP contribution in [-0.2, 0) is 6.54 Å². The summed E-state index contributed by atoms with van der Waals surface area (Å²) in [4.78, 5) is 26.0. The zero-order valence-corrected chi connectivity index (χ0v) is 10.7. The Balaban J connectivity index is 2.05. The molecule has 90 valence electrons. The van der Waals surface area contributed by atoms with Crippen molar-refractivity contribution in [1.82, 2.24) is 4.90 Å². The average Bonchev–Trinajstić information content (AvgIpc) is 2.96. The number of aldehydes is 1. The third-order valence-corrected chi connectivity index (χ3v) is 4.18. The maximum absolute atomic E-state index is 11.9. The lowest BCUT2D eigenvalue weighted by molar-refractivity contribution is 0.0816. The summed E-state index contributed by atoms with van der Waals surface area (Å²) in [6.07, 6.45) is 0.848. The van der Waals surface area contributed by atoms with Gasteiger partial charge in [0.1, 0.15) is 0 Å². The summed E-state index contributed by atoms with van der Waals surface area (Å²) in [5.74, 6) is 0.0685. The van der Waals surface area contributed by atoms with E-state index in [0.717, 1.165) is 27.9 Å². The molecule has 18 heavy (non-hydrogen) atoms. The first-order chi connectivity index (χ1) is 8.69. The van der Waals surface area contributed by atoms with Crippen molar-refractivity contribution in [2.24, 2.45) is 0 Å². The third kappa shape index (κ3) is 1.66. The van der Waals surface area contributed by atoms with Gasteiger partial charge in [-0.3, -0.25) is 9.59 Å². The summed E-state index contributed by atoms with van der Waals surface area (Å²) >= 11 is 1.44. The van der Waals surface area contributed by atoms with Crippen LogP contribution in [0.2, 0.25) is 0 Å². The van der Waals surface area contributed by atoms with Crippen LogP contribution in [0.25, 0.3) is 10.4 Å². The first-order valence-corrected chi connectivity index (χ1v) is 6.44. The number of hydrogen-bond acceptors (Lipinski definition) is 3. The normalized spacial score (nSPS) is 13.8. The summed E-state index contributed by atoms with van der Waals surface area (Å²) in [7, 11) is 1.80. The van der Waals surface area contributed by atoms with Gasteiger partial charge in [0.15, 0.2) is 6.29 Å². The molecule has 0 bridgehead atoms. The predicted molar refractivity (Wildman–Crippen MR) is 70.9 cm³/mol. The van der Waals surface area contributed by atoms with E-state index in [-0.39, 0.29) is 5.91 Å². The van der Waals surface area contributed by atoms with Gasteiger partial charge in [0, 0.05) is 24.0 Å². The molecule has 0 N–H and O–H groups in total. The Morgan fingerprint density at radius 1 is 1.28 bits per heavy atom. The molecule has 0 saturated heterocycles. The molecule has 0 radical (unpaired) electrons. The van der Waals surface area contributed by atoms with Crippen LogP contribution in [0, 0.1) is 0 Å². The topological polar surface area (TPSA) is 37.4 Å². The summed E-state index contributed by atoms with van der Waals surface area (Å²) < 4.78 is 0. The Bertz CT molecular complexity index is 645. The minimum absolute atomic E-state index is 0.0685. The summed E-state index contributed by atoms with van der Waals surface area (Å²) in [5, 5.41) is 0. The maximum Gasteiger partial charge on any atom is 0.254 e. The van der Waals surface area contributed by atoms with Crippen molar-refractivity contribution in [2.45, 2.75) is 6.54 Å². The van der Waals surface area contributed by atoms with E-state index in [4.69, 9.17) is 0 Å². The lowest BCUT2D eigenvalue weighted by atomic mass is 10.1. The van der Waals surface area contributed by atoms with Crippen LogP contribution in [0.5, 0.6) is 0 Å². The number of carbonyl (C=O) groups excluding carboxylic acids is 2. The van der Waals surface area contributed by atoms with E-state index < -0.39 is 0 Å². The van der Waals surface area contributed by atoms with E-state index in [1.165, 1.54) is 11.3 Å². The van der Waals surface area contributed by atoms with Crippen LogP contribution in [0.15, 0.2) is 30.3 Å². The zero-order chi connectivity index (χ0) is 12.7. The second-order valence-corrected chi connectivity index (χ2v) is 5.47. The molecule has 0 fully saturated rings. The van der Waals surface area contributed by atoms with Crippen LogP contribution < -0.4 is 0 Å². The Morgan fingerprint density at radius 3 is 2.83 bits per heavy atom. The van der Waals surface area contributed by atoms with Gasteiger partial charge in [-0.2, -0.15) is 0 Å². The summed E-state index contributed by atoms with van der Waals surface area (Å²) in [6, 6.07) is 9.63. The Labute approximate surface area is 109 Å². The largest absolute Gasteiger partial charge is 0.337 e. The molecule has 0 aliphatic carbocycles. The van der Waals surface area contributed by atoms with E-state index in [1.807, 2.05) is 24.3 Å². The van der Waals surface area contributed by atoms with Crippen molar-refractivity contribution in [1.29, 1.82) is 0 Å². The number of amides is 1. The molecule has 0 atom stereocenters. The number of nitrogens with zero attached hydrogens (tertiary/aromatic N) is 1. The number of benzene rings is 1. The third-order valence-electron chi connectivity index (χ3n) is 3.12. The van der Waals surface area contributed by atoms with Gasteiger partial charge in [0.25, 0.3) is 5.91 Å². The molecule has 3 rings (SSSR count). The van der Waals surface area contributed by atoms with Crippen molar-refractivity contribution >= 4 is 23.5 Å². The fourth-order valence-corrected chi connectivity index (χ4v) is 2.99. The SMILES string of the molecule is CN1Cc2ccc(-c3ccc(C=O)s3)cc2C1=O. The van der Waals surface area contributed by atoms with Crippen molar-refractivity contribution in [3.63, 3.8) is 0 Å². The van der Waals surface area contributed by atoms with E-state index in [2.05, 4.69) is 0 Å². The average molecular weight is 257 g/mol. The molecule has 1 aliphatic heterocycles. The molecule has 3 nitrogen and oxygen atoms in total. The number of rotatable bonds is 2. The molecule has 0 saturated carbocycles. The van der Waals surface area contributed by atoms with Crippen LogP contribution in [0.4, 0.5) is 0 Å². The highest BCUT2D eigenvalue weighted by Crippen LogP contribution is 2.31. The van der Waals surface area contributed by atoms with E-state index >= 15 is 0 Å². The van der Waals surface area contributed by atoms with Gasteiger partial charge in [-0.1, -0.05) is 12.1 Å². The van der Waals surface area contributed by atoms with E-state index in [1.54, 1.807) is 18.0 Å². The van der Waals surface area contributed by atoms with Crippen molar-refractivity contribution in [3.8, 4) is 10.4 Å². The number of carbonyl (C=O) groups is 2. The molecule has 2 heterocycles. The Morgan fingerprint density at radius 2 is 2.11 bits per heavy atom. The minimum Gasteiger partial charge on any atom is -0.337 e. The van der Waals surface area contributed by atoms with Gasteiger partial charge in [-0.05, 0) is 29.3 Å². The lowest BCUT2D eigenvalue weighted by Crippen LogP contribution is -2.17. The van der Waals surface area contributed by atoms with Crippen LogP contribution in [-0.4, -0.2) is 24.1 Å². The fourth-order valence-electron chi connectivity index (χ4n) is 2.17. The molecular weight excluding hydrogens is 246 g/mol. The van der Waals surface area contributed by atoms with Crippen LogP contribution >= 0.6 is 11.3 Å². The van der Waals surface area contributed by atoms with Crippen LogP contribution in [0.3, 0.4) is 0 Å². The molecule has 1 aromatic heterocycles. The monoisotopic (exact) mass is 257 g/mol. The van der Waals surface area contributed by atoms with Gasteiger partial charge in [0.2, 0.25) is 0 Å². The van der Waals surface area contributed by atoms with Gasteiger partial charge in [-0.25, -0.2) is 0 Å². The van der Waals surface area contributed by atoms with Crippen molar-refractivity contribution in [3.05, 3.63) is 46.3 Å². The van der Waals surface area contributed by atoms with Gasteiger partial charge >= 0.3 is 0 Å². The molecule has 0 spiro atoms. The number of hydrogen-bond donors (Lipinski definition) is 0. The molecule has 0 unspecified atom stereocenters. The highest BCUT2D eigenvalue weighted by molar-refractivity contribution is 7.17. The van der Waals surface area contributed by atoms with Gasteiger partial charge in [-0.15, -0.1) is 11.3 Å². The summed E-state index contributed by atoms with van der Waals surface area (Å²) in [6.45, 7) is 0.679. The molecule has 4 heteroatoms. The standard InChI is InChI=1S/C14H11NO2S/c1-15-7-10-3-2-9(6-12(10)14(15)17)13-5-4-11(8-16)18-13/h2-6,8H,7H2,1H3. The van der Waals surface area contributed by atoms with E-state index in [0.29, 0.717) is 11.4 Å². The fraction of sp³-hybridized carbons (Fsp3) is 0.143. The van der Waals surface area contributed by atoms with Crippen LogP contribution in [0.1, 0.15) is 25.6 Å². The zero-order valence-electron chi connectivity index (χ0n) is 9.84. The second-order valence-electron chi connectivity index (χ2n) is 4.35. The Kier molecular flexibility index (Phi) is 2.52. The Hall–Kier alpha value is -1.94. The van der Waals surface area contributed by atoms with Crippen molar-refractivity contribution < 1.29 is 9.59 Å². The molecule has 1 aliphatic rings. The molecule has 2 aromatic rings. The first-order valence-electron chi connectivity index (χ1n) is 5.63. The molecular formula is C14H11NO2S. The number of thiophene rings is 1. The number of fused-ring (bicyclic) bond motifs is 1. The smallest absolute Gasteiger partial charge is 0.254 e. The quantitative estimate of drug-likeness (QED) is 0.776. The highest BCUT2D eigenvalue weighted by atomic mass is 32.1. The van der Waals surface area contributed by atoms with Gasteiger partial charge < -0.3 is 4.90 Å². The molecule has 1 amide bonds. The predicted octanol–water partition coefficient (Wildman–Crippen LogP) is 2.81. The lowest BCUT2D eigenvalue weighted by Gasteiger charge is -2.04. The maximum atomic E-state index is 11.9.